The van der Waals surface area contributed by atoms with Crippen molar-refractivity contribution in [1.29, 1.82) is 0 Å². The first-order valence-corrected chi connectivity index (χ1v) is 8.88. The van der Waals surface area contributed by atoms with Crippen molar-refractivity contribution in [2.45, 2.75) is 26.9 Å². The van der Waals surface area contributed by atoms with Crippen LogP contribution in [-0.2, 0) is 9.53 Å². The van der Waals surface area contributed by atoms with Crippen LogP contribution >= 0.6 is 11.6 Å². The summed E-state index contributed by atoms with van der Waals surface area (Å²) >= 11 is 6.01. The number of nitrogens with one attached hydrogen (secondary N) is 1. The third kappa shape index (κ3) is 4.09. The van der Waals surface area contributed by atoms with E-state index in [1.165, 1.54) is 13.0 Å². The minimum Gasteiger partial charge on any atom is -0.449 e. The molecule has 0 bridgehead atoms. The third-order valence-electron chi connectivity index (χ3n) is 4.29. The summed E-state index contributed by atoms with van der Waals surface area (Å²) in [6.07, 6.45) is -0.970. The van der Waals surface area contributed by atoms with Gasteiger partial charge in [0.1, 0.15) is 5.15 Å². The number of carbonyl (C=O) groups is 2. The zero-order chi connectivity index (χ0) is 19.6. The van der Waals surface area contributed by atoms with Crippen LogP contribution in [0.5, 0.6) is 0 Å². The molecule has 6 heteroatoms. The van der Waals surface area contributed by atoms with Gasteiger partial charge >= 0.3 is 5.97 Å². The van der Waals surface area contributed by atoms with E-state index in [4.69, 9.17) is 16.3 Å². The second-order valence-electron chi connectivity index (χ2n) is 6.31. The van der Waals surface area contributed by atoms with E-state index >= 15 is 0 Å². The van der Waals surface area contributed by atoms with Gasteiger partial charge in [-0.25, -0.2) is 9.78 Å². The van der Waals surface area contributed by atoms with Gasteiger partial charge in [-0.3, -0.25) is 4.79 Å². The van der Waals surface area contributed by atoms with Crippen molar-refractivity contribution in [2.24, 2.45) is 0 Å². The monoisotopic (exact) mass is 382 g/mol. The van der Waals surface area contributed by atoms with Crippen molar-refractivity contribution < 1.29 is 14.3 Å². The molecule has 1 aromatic heterocycles. The summed E-state index contributed by atoms with van der Waals surface area (Å²) in [5.41, 5.74) is 3.47. The SMILES string of the molecule is Cc1cccc(C)c1NC(=O)[C@H](C)OC(=O)c1cc(Cl)nc2ccccc12. The second-order valence-corrected chi connectivity index (χ2v) is 6.70. The van der Waals surface area contributed by atoms with Gasteiger partial charge in [-0.15, -0.1) is 0 Å². The zero-order valence-corrected chi connectivity index (χ0v) is 16.0. The molecule has 5 nitrogen and oxygen atoms in total. The van der Waals surface area contributed by atoms with Gasteiger partial charge in [-0.1, -0.05) is 48.0 Å². The lowest BCUT2D eigenvalue weighted by atomic mass is 10.1. The number of hydrogen-bond acceptors (Lipinski definition) is 4. The number of anilines is 1. The van der Waals surface area contributed by atoms with Crippen LogP contribution in [0.1, 0.15) is 28.4 Å². The Hall–Kier alpha value is -2.92. The number of aromatic nitrogens is 1. The van der Waals surface area contributed by atoms with Gasteiger partial charge in [-0.2, -0.15) is 0 Å². The Morgan fingerprint density at radius 1 is 1.07 bits per heavy atom. The largest absolute Gasteiger partial charge is 0.449 e. The molecule has 0 unspecified atom stereocenters. The molecule has 0 aliphatic heterocycles. The summed E-state index contributed by atoms with van der Waals surface area (Å²) < 4.78 is 5.38. The number of carbonyl (C=O) groups excluding carboxylic acids is 2. The molecule has 0 aliphatic carbocycles. The van der Waals surface area contributed by atoms with Crippen molar-refractivity contribution in [3.05, 3.63) is 70.4 Å². The van der Waals surface area contributed by atoms with Crippen LogP contribution in [0.2, 0.25) is 5.15 Å². The molecule has 1 heterocycles. The van der Waals surface area contributed by atoms with E-state index < -0.39 is 18.0 Å². The maximum atomic E-state index is 12.6. The fourth-order valence-corrected chi connectivity index (χ4v) is 3.03. The van der Waals surface area contributed by atoms with Crippen LogP contribution in [0.4, 0.5) is 5.69 Å². The van der Waals surface area contributed by atoms with E-state index in [1.54, 1.807) is 24.3 Å². The van der Waals surface area contributed by atoms with Gasteiger partial charge in [0.2, 0.25) is 0 Å². The molecule has 2 aromatic carbocycles. The van der Waals surface area contributed by atoms with Crippen molar-refractivity contribution in [3.63, 3.8) is 0 Å². The Labute approximate surface area is 162 Å². The summed E-state index contributed by atoms with van der Waals surface area (Å²) in [6, 6.07) is 14.3. The standard InChI is InChI=1S/C21H19ClN2O3/c1-12-7-6-8-13(2)19(12)24-20(25)14(3)27-21(26)16-11-18(22)23-17-10-5-4-9-15(16)17/h4-11,14H,1-3H3,(H,24,25)/t14-/m0/s1. The third-order valence-corrected chi connectivity index (χ3v) is 4.48. The lowest BCUT2D eigenvalue weighted by Crippen LogP contribution is -2.30. The fraction of sp³-hybridized carbons (Fsp3) is 0.190. The molecule has 1 N–H and O–H groups in total. The predicted octanol–water partition coefficient (Wildman–Crippen LogP) is 4.69. The van der Waals surface area contributed by atoms with Crippen molar-refractivity contribution in [3.8, 4) is 0 Å². The van der Waals surface area contributed by atoms with Crippen LogP contribution in [-0.4, -0.2) is 23.0 Å². The predicted molar refractivity (Wildman–Crippen MR) is 106 cm³/mol. The Morgan fingerprint density at radius 2 is 1.74 bits per heavy atom. The van der Waals surface area contributed by atoms with Crippen molar-refractivity contribution in [1.82, 2.24) is 4.98 Å². The molecule has 138 valence electrons. The first kappa shape index (κ1) is 18.9. The number of nitrogens with zero attached hydrogens (tertiary/aromatic N) is 1. The second kappa shape index (κ2) is 7.76. The quantitative estimate of drug-likeness (QED) is 0.525. The molecule has 27 heavy (non-hydrogen) atoms. The summed E-state index contributed by atoms with van der Waals surface area (Å²) in [5, 5.41) is 3.64. The van der Waals surface area contributed by atoms with Crippen molar-refractivity contribution in [2.75, 3.05) is 5.32 Å². The lowest BCUT2D eigenvalue weighted by molar-refractivity contribution is -0.123. The molecule has 1 atom stereocenters. The van der Waals surface area contributed by atoms with Gasteiger partial charge in [0, 0.05) is 11.1 Å². The van der Waals surface area contributed by atoms with Gasteiger partial charge in [0.25, 0.3) is 5.91 Å². The van der Waals surface area contributed by atoms with Crippen LogP contribution in [0, 0.1) is 13.8 Å². The number of para-hydroxylation sites is 2. The van der Waals surface area contributed by atoms with E-state index in [9.17, 15) is 9.59 Å². The normalized spacial score (nSPS) is 11.9. The number of fused-ring (bicyclic) bond motifs is 1. The number of amides is 1. The van der Waals surface area contributed by atoms with E-state index in [1.807, 2.05) is 32.0 Å². The average Bonchev–Trinajstić information content (AvgIpc) is 2.63. The van der Waals surface area contributed by atoms with Gasteiger partial charge in [0.05, 0.1) is 11.1 Å². The molecule has 0 aliphatic rings. The number of rotatable bonds is 4. The number of esters is 1. The number of pyridine rings is 1. The van der Waals surface area contributed by atoms with Crippen LogP contribution in [0.15, 0.2) is 48.5 Å². The Balaban J connectivity index is 1.79. The molecule has 1 amide bonds. The summed E-state index contributed by atoms with van der Waals surface area (Å²) in [5.74, 6) is -1.02. The molecule has 3 rings (SSSR count). The molecular formula is C21H19ClN2O3. The van der Waals surface area contributed by atoms with E-state index in [0.717, 1.165) is 16.8 Å². The highest BCUT2D eigenvalue weighted by atomic mass is 35.5. The molecule has 0 saturated heterocycles. The van der Waals surface area contributed by atoms with Crippen molar-refractivity contribution >= 4 is 40.1 Å². The molecule has 0 radical (unpaired) electrons. The Morgan fingerprint density at radius 3 is 2.44 bits per heavy atom. The van der Waals surface area contributed by atoms with Gasteiger partial charge in [0.15, 0.2) is 6.10 Å². The van der Waals surface area contributed by atoms with Gasteiger partial charge in [-0.05, 0) is 44.0 Å². The number of benzene rings is 2. The first-order valence-electron chi connectivity index (χ1n) is 8.50. The Kier molecular flexibility index (Phi) is 5.42. The first-order chi connectivity index (χ1) is 12.9. The number of aryl methyl sites for hydroxylation is 2. The maximum Gasteiger partial charge on any atom is 0.339 e. The van der Waals surface area contributed by atoms with E-state index in [2.05, 4.69) is 10.3 Å². The minimum atomic E-state index is -0.970. The molecule has 0 saturated carbocycles. The Bertz CT molecular complexity index is 1010. The molecule has 0 spiro atoms. The maximum absolute atomic E-state index is 12.6. The molecular weight excluding hydrogens is 364 g/mol. The fourth-order valence-electron chi connectivity index (χ4n) is 2.83. The van der Waals surface area contributed by atoms with Crippen LogP contribution < -0.4 is 5.32 Å². The smallest absolute Gasteiger partial charge is 0.339 e. The minimum absolute atomic E-state index is 0.188. The highest BCUT2D eigenvalue weighted by Gasteiger charge is 2.22. The summed E-state index contributed by atoms with van der Waals surface area (Å²) in [4.78, 5) is 29.3. The van der Waals surface area contributed by atoms with E-state index in [0.29, 0.717) is 10.9 Å². The highest BCUT2D eigenvalue weighted by molar-refractivity contribution is 6.30. The molecule has 3 aromatic rings. The lowest BCUT2D eigenvalue weighted by Gasteiger charge is -2.16. The number of ether oxygens (including phenoxy) is 1. The topological polar surface area (TPSA) is 68.3 Å². The highest BCUT2D eigenvalue weighted by Crippen LogP contribution is 2.23. The average molecular weight is 383 g/mol. The van der Waals surface area contributed by atoms with Crippen LogP contribution in [0.25, 0.3) is 10.9 Å². The number of hydrogen-bond donors (Lipinski definition) is 1. The molecule has 0 fully saturated rings. The van der Waals surface area contributed by atoms with E-state index in [-0.39, 0.29) is 10.7 Å². The zero-order valence-electron chi connectivity index (χ0n) is 15.2. The van der Waals surface area contributed by atoms with Gasteiger partial charge < -0.3 is 10.1 Å². The summed E-state index contributed by atoms with van der Waals surface area (Å²) in [6.45, 7) is 5.35. The summed E-state index contributed by atoms with van der Waals surface area (Å²) in [7, 11) is 0. The number of halogens is 1. The van der Waals surface area contributed by atoms with Crippen LogP contribution in [0.3, 0.4) is 0 Å².